The lowest BCUT2D eigenvalue weighted by Crippen LogP contribution is -2.30. The van der Waals surface area contributed by atoms with Gasteiger partial charge in [0, 0.05) is 19.2 Å². The average molecular weight is 618 g/mol. The second kappa shape index (κ2) is 13.2. The maximum atomic E-state index is 13.0. The number of rotatable bonds is 10. The molecule has 1 atom stereocenters. The van der Waals surface area contributed by atoms with E-state index in [2.05, 4.69) is 42.7 Å². The Labute approximate surface area is 237 Å². The molecule has 0 fully saturated rings. The summed E-state index contributed by atoms with van der Waals surface area (Å²) in [6, 6.07) is 8.12. The van der Waals surface area contributed by atoms with E-state index < -0.39 is 18.7 Å². The molecule has 3 aromatic rings. The number of hydrogen-bond acceptors (Lipinski definition) is 10. The van der Waals surface area contributed by atoms with Crippen molar-refractivity contribution in [1.29, 1.82) is 0 Å². The number of likely N-dealkylation sites (N-methyl/N-ethyl adjacent to an activating group) is 1. The maximum absolute atomic E-state index is 13.0. The van der Waals surface area contributed by atoms with Gasteiger partial charge in [-0.05, 0) is 61.7 Å². The van der Waals surface area contributed by atoms with E-state index in [1.807, 2.05) is 19.4 Å². The molecule has 0 aliphatic carbocycles. The van der Waals surface area contributed by atoms with Crippen molar-refractivity contribution in [3.63, 3.8) is 0 Å². The van der Waals surface area contributed by atoms with E-state index in [1.165, 1.54) is 35.5 Å². The van der Waals surface area contributed by atoms with Gasteiger partial charge >= 0.3 is 10.5 Å². The molecule has 10 nitrogen and oxygen atoms in total. The zero-order chi connectivity index (χ0) is 27.4. The van der Waals surface area contributed by atoms with E-state index in [-0.39, 0.29) is 38.2 Å². The fourth-order valence-corrected chi connectivity index (χ4v) is 5.01. The summed E-state index contributed by atoms with van der Waals surface area (Å²) in [5, 5.41) is 6.54. The minimum atomic E-state index is -5.19. The highest BCUT2D eigenvalue weighted by molar-refractivity contribution is 7.81. The summed E-state index contributed by atoms with van der Waals surface area (Å²) in [6.45, 7) is 8.68. The van der Waals surface area contributed by atoms with Gasteiger partial charge in [-0.3, -0.25) is 4.90 Å². The van der Waals surface area contributed by atoms with E-state index in [1.54, 1.807) is 7.11 Å². The summed E-state index contributed by atoms with van der Waals surface area (Å²) in [7, 11) is -4.48. The topological polar surface area (TPSA) is 115 Å². The van der Waals surface area contributed by atoms with Crippen LogP contribution in [0.15, 0.2) is 36.5 Å². The van der Waals surface area contributed by atoms with Crippen LogP contribution in [0.4, 0.5) is 27.0 Å². The molecular weight excluding hydrogens is 587 g/mol. The Morgan fingerprint density at radius 1 is 1.13 bits per heavy atom. The van der Waals surface area contributed by atoms with Gasteiger partial charge in [0.15, 0.2) is 5.82 Å². The number of benzene rings is 2. The van der Waals surface area contributed by atoms with Crippen LogP contribution in [0.3, 0.4) is 0 Å². The Kier molecular flexibility index (Phi) is 10.5. The fraction of sp³-hybridized carbons (Fsp3) is 0.333. The molecule has 2 heterocycles. The van der Waals surface area contributed by atoms with Crippen molar-refractivity contribution in [2.75, 3.05) is 44.2 Å². The molecule has 39 heavy (non-hydrogen) atoms. The molecule has 15 heteroatoms. The van der Waals surface area contributed by atoms with Crippen molar-refractivity contribution in [1.82, 2.24) is 14.9 Å². The number of halogens is 2. The van der Waals surface area contributed by atoms with Gasteiger partial charge in [0.1, 0.15) is 22.3 Å². The van der Waals surface area contributed by atoms with Crippen LogP contribution in [0.25, 0.3) is 0 Å². The van der Waals surface area contributed by atoms with Gasteiger partial charge in [-0.1, -0.05) is 22.4 Å². The molecule has 1 unspecified atom stereocenters. The van der Waals surface area contributed by atoms with Gasteiger partial charge in [0.25, 0.3) is 0 Å². The third-order valence-corrected chi connectivity index (χ3v) is 6.96. The van der Waals surface area contributed by atoms with Crippen LogP contribution < -0.4 is 24.1 Å². The summed E-state index contributed by atoms with van der Waals surface area (Å²) in [5.74, 6) is 1.23. The van der Waals surface area contributed by atoms with Crippen molar-refractivity contribution < 1.29 is 25.7 Å². The number of nitrogens with zero attached hydrogens (tertiary/aromatic N) is 3. The third-order valence-electron chi connectivity index (χ3n) is 5.73. The number of aromatic nitrogens is 2. The molecule has 0 spiro atoms. The van der Waals surface area contributed by atoms with E-state index >= 15 is 0 Å². The molecule has 212 valence electrons. The summed E-state index contributed by atoms with van der Waals surface area (Å²) in [5.41, 5.74) is 3.60. The quantitative estimate of drug-likeness (QED) is 0.217. The highest BCUT2D eigenvalue weighted by Crippen LogP contribution is 2.40. The molecule has 1 aliphatic heterocycles. The van der Waals surface area contributed by atoms with Crippen LogP contribution in [0, 0.1) is 0 Å². The van der Waals surface area contributed by atoms with Gasteiger partial charge in [0.05, 0.1) is 32.8 Å². The largest absolute Gasteiger partial charge is 0.495 e. The zero-order valence-corrected chi connectivity index (χ0v) is 25.9. The van der Waals surface area contributed by atoms with E-state index in [0.29, 0.717) is 11.4 Å². The van der Waals surface area contributed by atoms with Crippen molar-refractivity contribution in [3.8, 4) is 17.2 Å². The molecular formula is C24H31ClFN5O5P2S. The standard InChI is InChI=1S/C24H28ClFN5O5PS.H3P/c1-5-31-9-8-15-11-21(34-2)20(10-16(15)14-31)29-24-27-13-18(25)23(30-24)28-19-7-6-17(36-38(26,32)33)12-22(19)35-37(3)4;/h6-7,10-13H,5,8-9,14H2,1-4H3,(H2,27,28,29,30);1H3. The van der Waals surface area contributed by atoms with Crippen molar-refractivity contribution in [2.24, 2.45) is 0 Å². The van der Waals surface area contributed by atoms with Crippen LogP contribution in [-0.4, -0.2) is 56.8 Å². The van der Waals surface area contributed by atoms with Crippen molar-refractivity contribution in [2.45, 2.75) is 19.9 Å². The van der Waals surface area contributed by atoms with Crippen LogP contribution >= 0.6 is 29.6 Å². The van der Waals surface area contributed by atoms with Crippen LogP contribution in [0.2, 0.25) is 5.02 Å². The van der Waals surface area contributed by atoms with Gasteiger partial charge in [-0.15, -0.1) is 0 Å². The molecule has 2 N–H and O–H groups in total. The lowest BCUT2D eigenvalue weighted by Gasteiger charge is -2.28. The normalized spacial score (nSPS) is 13.3. The molecule has 0 bridgehead atoms. The highest BCUT2D eigenvalue weighted by atomic mass is 35.5. The highest BCUT2D eigenvalue weighted by Gasteiger charge is 2.20. The first-order valence-electron chi connectivity index (χ1n) is 11.7. The number of anilines is 4. The Bertz CT molecular complexity index is 1430. The maximum Gasteiger partial charge on any atom is 0.488 e. The Balaban J connectivity index is 0.00000420. The second-order valence-corrected chi connectivity index (χ2v) is 11.8. The minimum absolute atomic E-state index is 0. The molecule has 0 saturated carbocycles. The second-order valence-electron chi connectivity index (χ2n) is 8.62. The lowest BCUT2D eigenvalue weighted by molar-refractivity contribution is 0.267. The first-order chi connectivity index (χ1) is 18.0. The Morgan fingerprint density at radius 2 is 1.90 bits per heavy atom. The summed E-state index contributed by atoms with van der Waals surface area (Å²) < 4.78 is 50.6. The first-order valence-corrected chi connectivity index (χ1v) is 15.5. The third kappa shape index (κ3) is 8.25. The molecule has 1 aliphatic rings. The lowest BCUT2D eigenvalue weighted by atomic mass is 9.98. The predicted octanol–water partition coefficient (Wildman–Crippen LogP) is 5.69. The molecule has 0 radical (unpaired) electrons. The number of methoxy groups -OCH3 is 1. The summed E-state index contributed by atoms with van der Waals surface area (Å²) in [4.78, 5) is 11.2. The number of ether oxygens (including phenoxy) is 1. The zero-order valence-electron chi connectivity index (χ0n) is 22.0. The van der Waals surface area contributed by atoms with E-state index in [9.17, 15) is 12.3 Å². The van der Waals surface area contributed by atoms with Gasteiger partial charge in [0.2, 0.25) is 5.95 Å². The SMILES string of the molecule is CCN1CCc2cc(OC)c(Nc3ncc(Cl)c(Nc4ccc(OS(=O)(=O)F)cc4OP(C)C)n3)cc2C1.P. The van der Waals surface area contributed by atoms with Crippen LogP contribution in [0.5, 0.6) is 17.2 Å². The van der Waals surface area contributed by atoms with Gasteiger partial charge < -0.3 is 24.1 Å². The summed E-state index contributed by atoms with van der Waals surface area (Å²) in [6.07, 6.45) is 2.40. The predicted molar refractivity (Wildman–Crippen MR) is 159 cm³/mol. The Morgan fingerprint density at radius 3 is 2.56 bits per heavy atom. The fourth-order valence-electron chi connectivity index (χ4n) is 3.99. The molecule has 1 aromatic heterocycles. The average Bonchev–Trinajstić information content (AvgIpc) is 2.85. The van der Waals surface area contributed by atoms with Crippen LogP contribution in [-0.2, 0) is 23.5 Å². The van der Waals surface area contributed by atoms with Crippen molar-refractivity contribution >= 4 is 63.3 Å². The van der Waals surface area contributed by atoms with Crippen LogP contribution in [0.1, 0.15) is 18.1 Å². The molecule has 0 amide bonds. The van der Waals surface area contributed by atoms with E-state index in [0.717, 1.165) is 31.7 Å². The summed E-state index contributed by atoms with van der Waals surface area (Å²) >= 11 is 6.38. The number of fused-ring (bicyclic) bond motifs is 1. The van der Waals surface area contributed by atoms with Gasteiger partial charge in [-0.25, -0.2) is 4.98 Å². The van der Waals surface area contributed by atoms with Gasteiger partial charge in [-0.2, -0.15) is 23.3 Å². The number of hydrogen-bond donors (Lipinski definition) is 2. The number of nitrogens with one attached hydrogen (secondary N) is 2. The minimum Gasteiger partial charge on any atom is -0.495 e. The molecule has 0 saturated heterocycles. The van der Waals surface area contributed by atoms with Crippen molar-refractivity contribution in [3.05, 3.63) is 52.7 Å². The molecule has 4 rings (SSSR count). The monoisotopic (exact) mass is 617 g/mol. The van der Waals surface area contributed by atoms with E-state index in [4.69, 9.17) is 20.9 Å². The molecule has 2 aromatic carbocycles. The Hall–Kier alpha value is -2.49. The smallest absolute Gasteiger partial charge is 0.488 e. The first kappa shape index (κ1) is 31.0.